The number of nitro benzene ring substituents is 1. The number of hydrogen-bond acceptors (Lipinski definition) is 18. The van der Waals surface area contributed by atoms with Gasteiger partial charge in [0.15, 0.2) is 11.1 Å². The predicted octanol–water partition coefficient (Wildman–Crippen LogP) is 11.7. The van der Waals surface area contributed by atoms with Gasteiger partial charge in [-0.05, 0) is 104 Å². The Morgan fingerprint density at radius 2 is 1.47 bits per heavy atom. The molecule has 0 bridgehead atoms. The van der Waals surface area contributed by atoms with Crippen molar-refractivity contribution in [3.05, 3.63) is 146 Å². The summed E-state index contributed by atoms with van der Waals surface area (Å²) in [5, 5.41) is 62.0. The maximum absolute atomic E-state index is 13.3. The SMILES string of the molecule is COc1cc(/N=N/c2ccc(C)cc2[N+](=O)[O-])c(OC)cc1/N=N/c1ccc(N(CCO)CCOP(C)(=O)OCCCCCCNC(=O)c2ccc(C(=O)O)c(-c3c4ccc(=O)cc-4oc4cc(O)ccc34)c2)cc1. The van der Waals surface area contributed by atoms with Crippen LogP contribution >= 0.6 is 7.60 Å². The number of fused-ring (bicyclic) bond motifs is 2. The molecule has 390 valence electrons. The molecule has 0 spiro atoms. The van der Waals surface area contributed by atoms with Gasteiger partial charge in [-0.1, -0.05) is 18.9 Å². The Hall–Kier alpha value is -8.36. The largest absolute Gasteiger partial charge is 0.508 e. The first-order valence-electron chi connectivity index (χ1n) is 23.6. The number of carbonyl (C=O) groups excluding carboxylic acids is 1. The van der Waals surface area contributed by atoms with E-state index in [1.807, 2.05) is 4.90 Å². The lowest BCUT2D eigenvalue weighted by Gasteiger charge is -2.24. The molecule has 21 nitrogen and oxygen atoms in total. The molecule has 0 radical (unpaired) electrons. The van der Waals surface area contributed by atoms with Gasteiger partial charge in [0, 0.05) is 84.4 Å². The summed E-state index contributed by atoms with van der Waals surface area (Å²) in [4.78, 5) is 50.9. The van der Waals surface area contributed by atoms with Gasteiger partial charge in [0.05, 0.1) is 50.2 Å². The summed E-state index contributed by atoms with van der Waals surface area (Å²) >= 11 is 0. The molecule has 1 aliphatic heterocycles. The average molecular weight is 1040 g/mol. The van der Waals surface area contributed by atoms with Gasteiger partial charge in [0.25, 0.3) is 11.6 Å². The maximum Gasteiger partial charge on any atom is 0.336 e. The minimum absolute atomic E-state index is 0.0513. The summed E-state index contributed by atoms with van der Waals surface area (Å²) < 4.78 is 41.4. The van der Waals surface area contributed by atoms with Crippen LogP contribution in [0.4, 0.5) is 34.1 Å². The third-order valence-electron chi connectivity index (χ3n) is 11.8. The first kappa shape index (κ1) is 54.4. The number of carboxylic acids is 1. The molecule has 0 aromatic heterocycles. The molecule has 7 rings (SSSR count). The summed E-state index contributed by atoms with van der Waals surface area (Å²) in [5.74, 6) is -0.940. The smallest absolute Gasteiger partial charge is 0.336 e. The van der Waals surface area contributed by atoms with Crippen molar-refractivity contribution >= 4 is 64.6 Å². The second kappa shape index (κ2) is 25.0. The van der Waals surface area contributed by atoms with Gasteiger partial charge in [0.1, 0.15) is 40.0 Å². The van der Waals surface area contributed by atoms with Crippen LogP contribution in [-0.2, 0) is 13.6 Å². The highest BCUT2D eigenvalue weighted by atomic mass is 31.2. The number of aliphatic hydroxyl groups is 1. The van der Waals surface area contributed by atoms with Gasteiger partial charge in [-0.3, -0.25) is 24.3 Å². The van der Waals surface area contributed by atoms with E-state index in [1.165, 1.54) is 81.5 Å². The zero-order chi connectivity index (χ0) is 53.6. The number of aromatic hydroxyl groups is 1. The zero-order valence-corrected chi connectivity index (χ0v) is 42.3. The van der Waals surface area contributed by atoms with E-state index >= 15 is 0 Å². The third-order valence-corrected chi connectivity index (χ3v) is 13.1. The number of ether oxygens (including phenoxy) is 2. The highest BCUT2D eigenvalue weighted by Gasteiger charge is 2.24. The number of carbonyl (C=O) groups is 2. The molecule has 1 heterocycles. The number of phenolic OH excluding ortho intramolecular Hbond substituents is 1. The number of anilines is 1. The van der Waals surface area contributed by atoms with Gasteiger partial charge in [-0.2, -0.15) is 5.11 Å². The van der Waals surface area contributed by atoms with E-state index in [4.69, 9.17) is 22.9 Å². The number of aromatic carboxylic acids is 1. The van der Waals surface area contributed by atoms with E-state index in [1.54, 1.807) is 55.5 Å². The molecule has 0 fully saturated rings. The molecule has 0 saturated heterocycles. The fraction of sp³-hybridized carbons (Fsp3) is 0.264. The number of nitro groups is 1. The van der Waals surface area contributed by atoms with E-state index in [9.17, 15) is 44.4 Å². The lowest BCUT2D eigenvalue weighted by atomic mass is 9.89. The molecule has 22 heteroatoms. The van der Waals surface area contributed by atoms with Crippen LogP contribution in [0.25, 0.3) is 33.4 Å². The fourth-order valence-electron chi connectivity index (χ4n) is 8.02. The van der Waals surface area contributed by atoms with E-state index in [2.05, 4.69) is 25.8 Å². The number of nitrogens with one attached hydrogen (secondary N) is 1. The van der Waals surface area contributed by atoms with Crippen molar-refractivity contribution in [1.29, 1.82) is 0 Å². The molecule has 5 aromatic carbocycles. The van der Waals surface area contributed by atoms with Gasteiger partial charge >= 0.3 is 13.6 Å². The van der Waals surface area contributed by atoms with Crippen molar-refractivity contribution < 1.29 is 57.3 Å². The highest BCUT2D eigenvalue weighted by Crippen LogP contribution is 2.45. The number of nitrogens with zero attached hydrogens (tertiary/aromatic N) is 6. The number of hydrogen-bond donors (Lipinski definition) is 4. The lowest BCUT2D eigenvalue weighted by molar-refractivity contribution is -0.384. The van der Waals surface area contributed by atoms with Crippen LogP contribution in [0.1, 0.15) is 52.0 Å². The Kier molecular flexibility index (Phi) is 18.2. The second-order valence-corrected chi connectivity index (χ2v) is 19.1. The minimum atomic E-state index is -3.42. The fourth-order valence-corrected chi connectivity index (χ4v) is 8.97. The minimum Gasteiger partial charge on any atom is -0.508 e. The summed E-state index contributed by atoms with van der Waals surface area (Å²) in [5.41, 5.74) is 3.61. The molecule has 1 amide bonds. The number of aliphatic hydroxyl groups excluding tert-OH is 1. The van der Waals surface area contributed by atoms with Crippen LogP contribution in [0.15, 0.2) is 139 Å². The normalized spacial score (nSPS) is 12.3. The monoisotopic (exact) mass is 1040 g/mol. The number of amides is 1. The standard InChI is InChI=1S/C53H54N7O14P/c1-33-9-20-43(46(27-33)60(67)68)56-58-45-32-49(70-2)44(31-50(45)71-3)57-55-35-11-13-36(14-12-35)59(22-24-61)23-26-73-75(4,69)72-25-8-6-5-7-21-54-52(64)34-10-17-39(53(65)66)42(28-34)51-40-18-15-37(62)29-47(40)74-48-30-38(63)16-19-41(48)51/h9-20,27-32,61-62H,5-8,21-26H2,1-4H3,(H,54,64)(H,65,66)/b57-55+,58-56+. The topological polar surface area (TPSA) is 287 Å². The second-order valence-electron chi connectivity index (χ2n) is 17.1. The molecule has 5 aromatic rings. The Balaban J connectivity index is 0.858. The number of methoxy groups -OCH3 is 2. The van der Waals surface area contributed by atoms with Crippen LogP contribution in [-0.4, -0.2) is 92.5 Å². The predicted molar refractivity (Wildman–Crippen MR) is 281 cm³/mol. The van der Waals surface area contributed by atoms with E-state index in [0.717, 1.165) is 18.5 Å². The van der Waals surface area contributed by atoms with Crippen LogP contribution < -0.4 is 25.1 Å². The number of phenols is 1. The molecule has 1 unspecified atom stereocenters. The Labute approximate surface area is 430 Å². The van der Waals surface area contributed by atoms with Crippen LogP contribution in [0, 0.1) is 17.0 Å². The summed E-state index contributed by atoms with van der Waals surface area (Å²) in [7, 11) is -0.536. The van der Waals surface area contributed by atoms with Crippen molar-refractivity contribution in [3.8, 4) is 39.7 Å². The van der Waals surface area contributed by atoms with Crippen molar-refractivity contribution in [3.63, 3.8) is 0 Å². The van der Waals surface area contributed by atoms with E-state index < -0.39 is 24.4 Å². The quantitative estimate of drug-likeness (QED) is 0.0103. The van der Waals surface area contributed by atoms with Gasteiger partial charge < -0.3 is 48.5 Å². The summed E-state index contributed by atoms with van der Waals surface area (Å²) in [6, 6.07) is 27.6. The van der Waals surface area contributed by atoms with Crippen LogP contribution in [0.2, 0.25) is 0 Å². The van der Waals surface area contributed by atoms with Crippen molar-refractivity contribution in [2.75, 3.05) is 65.2 Å². The van der Waals surface area contributed by atoms with Crippen LogP contribution in [0.3, 0.4) is 0 Å². The number of rotatable bonds is 25. The maximum atomic E-state index is 13.3. The molecular formula is C53H54N7O14P. The number of aryl methyl sites for hydroxylation is 1. The van der Waals surface area contributed by atoms with E-state index in [0.29, 0.717) is 65.1 Å². The number of benzene rings is 6. The average Bonchev–Trinajstić information content (AvgIpc) is 3.39. The number of azo groups is 2. The third kappa shape index (κ3) is 14.0. The van der Waals surface area contributed by atoms with Crippen LogP contribution in [0.5, 0.6) is 17.2 Å². The Bertz CT molecular complexity index is 3350. The van der Waals surface area contributed by atoms with Gasteiger partial charge in [-0.15, -0.1) is 15.3 Å². The molecule has 0 saturated carbocycles. The first-order valence-corrected chi connectivity index (χ1v) is 25.6. The number of carboxylic acid groups (broad SMARTS) is 1. The zero-order valence-electron chi connectivity index (χ0n) is 41.4. The Morgan fingerprint density at radius 3 is 2.16 bits per heavy atom. The van der Waals surface area contributed by atoms with Crippen molar-refractivity contribution in [2.45, 2.75) is 32.6 Å². The summed E-state index contributed by atoms with van der Waals surface area (Å²) in [6.45, 7) is 4.14. The highest BCUT2D eigenvalue weighted by molar-refractivity contribution is 7.52. The molecule has 75 heavy (non-hydrogen) atoms. The van der Waals surface area contributed by atoms with Crippen molar-refractivity contribution in [2.24, 2.45) is 20.5 Å². The summed E-state index contributed by atoms with van der Waals surface area (Å²) in [6.07, 6.45) is 2.67. The lowest BCUT2D eigenvalue weighted by Crippen LogP contribution is -2.30. The van der Waals surface area contributed by atoms with Gasteiger partial charge in [0.2, 0.25) is 0 Å². The number of unbranched alkanes of at least 4 members (excludes halogenated alkanes) is 3. The van der Waals surface area contributed by atoms with Gasteiger partial charge in [-0.25, -0.2) is 4.79 Å². The van der Waals surface area contributed by atoms with E-state index in [-0.39, 0.29) is 88.4 Å². The van der Waals surface area contributed by atoms with Crippen molar-refractivity contribution in [1.82, 2.24) is 5.32 Å². The molecule has 4 N–H and O–H groups in total. The molecule has 1 atom stereocenters. The first-order chi connectivity index (χ1) is 36.1. The molecule has 2 aliphatic rings. The molecule has 1 aliphatic carbocycles. The molecular weight excluding hydrogens is 990 g/mol. The Morgan fingerprint density at radius 1 is 0.773 bits per heavy atom.